The lowest BCUT2D eigenvalue weighted by Crippen LogP contribution is -2.03. The molecule has 1 aliphatic carbocycles. The maximum Gasteiger partial charge on any atom is 0.269 e. The molecule has 1 aliphatic rings. The Kier molecular flexibility index (Phi) is 3.06. The van der Waals surface area contributed by atoms with Crippen molar-refractivity contribution >= 4 is 11.5 Å². The number of nitro benzene ring substituents is 1. The zero-order valence-electron chi connectivity index (χ0n) is 11.1. The lowest BCUT2D eigenvalue weighted by atomic mass is 10.1. The number of benzene rings is 1. The first-order chi connectivity index (χ1) is 9.69. The number of nitro groups is 1. The monoisotopic (exact) mass is 270 g/mol. The summed E-state index contributed by atoms with van der Waals surface area (Å²) < 4.78 is 0. The van der Waals surface area contributed by atoms with Crippen molar-refractivity contribution < 1.29 is 4.92 Å². The molecule has 20 heavy (non-hydrogen) atoms. The fourth-order valence-electron chi connectivity index (χ4n) is 2.50. The van der Waals surface area contributed by atoms with Gasteiger partial charge >= 0.3 is 0 Å². The van der Waals surface area contributed by atoms with Crippen molar-refractivity contribution in [2.45, 2.75) is 19.3 Å². The third kappa shape index (κ3) is 2.09. The number of nitrogens with zero attached hydrogens (tertiary/aromatic N) is 3. The summed E-state index contributed by atoms with van der Waals surface area (Å²) in [5, 5.41) is 13.8. The summed E-state index contributed by atoms with van der Waals surface area (Å²) in [6.45, 7) is 0. The molecule has 102 valence electrons. The molecule has 0 bridgehead atoms. The van der Waals surface area contributed by atoms with Crippen LogP contribution < -0.4 is 5.32 Å². The Morgan fingerprint density at radius 2 is 1.95 bits per heavy atom. The molecule has 0 amide bonds. The quantitative estimate of drug-likeness (QED) is 0.684. The average molecular weight is 270 g/mol. The van der Waals surface area contributed by atoms with Crippen LogP contribution in [-0.2, 0) is 12.8 Å². The van der Waals surface area contributed by atoms with Crippen molar-refractivity contribution in [2.24, 2.45) is 0 Å². The number of non-ortho nitro benzene ring substituents is 1. The topological polar surface area (TPSA) is 81.0 Å². The predicted molar refractivity (Wildman–Crippen MR) is 75.7 cm³/mol. The van der Waals surface area contributed by atoms with Crippen LogP contribution in [0.4, 0.5) is 11.5 Å². The third-order valence-corrected chi connectivity index (χ3v) is 3.51. The van der Waals surface area contributed by atoms with E-state index < -0.39 is 4.92 Å². The summed E-state index contributed by atoms with van der Waals surface area (Å²) in [5.74, 6) is 1.48. The molecule has 0 aliphatic heterocycles. The number of hydrogen-bond acceptors (Lipinski definition) is 5. The minimum atomic E-state index is -0.410. The fourth-order valence-corrected chi connectivity index (χ4v) is 2.50. The third-order valence-electron chi connectivity index (χ3n) is 3.51. The van der Waals surface area contributed by atoms with E-state index in [-0.39, 0.29) is 5.69 Å². The van der Waals surface area contributed by atoms with E-state index in [2.05, 4.69) is 15.3 Å². The van der Waals surface area contributed by atoms with Gasteiger partial charge in [0.25, 0.3) is 5.69 Å². The van der Waals surface area contributed by atoms with Crippen molar-refractivity contribution in [3.8, 4) is 11.4 Å². The van der Waals surface area contributed by atoms with Crippen LogP contribution in [0.2, 0.25) is 0 Å². The van der Waals surface area contributed by atoms with Gasteiger partial charge < -0.3 is 5.32 Å². The summed E-state index contributed by atoms with van der Waals surface area (Å²) in [6.07, 6.45) is 3.07. The summed E-state index contributed by atoms with van der Waals surface area (Å²) >= 11 is 0. The minimum Gasteiger partial charge on any atom is -0.373 e. The van der Waals surface area contributed by atoms with Crippen LogP contribution in [0, 0.1) is 10.1 Å². The zero-order valence-corrected chi connectivity index (χ0v) is 11.1. The standard InChI is InChI=1S/C14H14N4O2/c1-15-14-11-3-2-4-12(11)16-13(17-14)9-5-7-10(8-6-9)18(19)20/h5-8H,2-4H2,1H3,(H,15,16,17). The van der Waals surface area contributed by atoms with Crippen molar-refractivity contribution in [1.82, 2.24) is 9.97 Å². The lowest BCUT2D eigenvalue weighted by Gasteiger charge is -2.09. The zero-order chi connectivity index (χ0) is 14.1. The fraction of sp³-hybridized carbons (Fsp3) is 0.286. The molecule has 0 radical (unpaired) electrons. The second kappa shape index (κ2) is 4.88. The van der Waals surface area contributed by atoms with Gasteiger partial charge in [-0.3, -0.25) is 10.1 Å². The molecule has 0 spiro atoms. The van der Waals surface area contributed by atoms with Gasteiger partial charge in [-0.05, 0) is 31.4 Å². The van der Waals surface area contributed by atoms with E-state index >= 15 is 0 Å². The summed E-state index contributed by atoms with van der Waals surface area (Å²) in [5.41, 5.74) is 3.14. The van der Waals surface area contributed by atoms with E-state index in [4.69, 9.17) is 0 Å². The first-order valence-electron chi connectivity index (χ1n) is 6.51. The molecule has 6 heteroatoms. The number of aryl methyl sites for hydroxylation is 1. The second-order valence-electron chi connectivity index (χ2n) is 4.73. The molecule has 1 aromatic carbocycles. The first kappa shape index (κ1) is 12.5. The number of hydrogen-bond donors (Lipinski definition) is 1. The molecule has 0 fully saturated rings. The second-order valence-corrected chi connectivity index (χ2v) is 4.73. The Hall–Kier alpha value is -2.50. The van der Waals surface area contributed by atoms with Gasteiger partial charge in [-0.25, -0.2) is 9.97 Å². The van der Waals surface area contributed by atoms with Gasteiger partial charge in [-0.1, -0.05) is 0 Å². The van der Waals surface area contributed by atoms with Crippen LogP contribution in [0.1, 0.15) is 17.7 Å². The number of nitrogens with one attached hydrogen (secondary N) is 1. The maximum atomic E-state index is 10.7. The Balaban J connectivity index is 2.04. The Bertz CT molecular complexity index is 668. The van der Waals surface area contributed by atoms with Gasteiger partial charge in [0.2, 0.25) is 0 Å². The highest BCUT2D eigenvalue weighted by Gasteiger charge is 2.19. The molecule has 0 saturated carbocycles. The highest BCUT2D eigenvalue weighted by atomic mass is 16.6. The van der Waals surface area contributed by atoms with Crippen molar-refractivity contribution in [3.63, 3.8) is 0 Å². The predicted octanol–water partition coefficient (Wildman–Crippen LogP) is 2.58. The summed E-state index contributed by atoms with van der Waals surface area (Å²) in [6, 6.07) is 6.33. The van der Waals surface area contributed by atoms with Crippen molar-refractivity contribution in [2.75, 3.05) is 12.4 Å². The normalized spacial score (nSPS) is 13.1. The Morgan fingerprint density at radius 3 is 2.60 bits per heavy atom. The van der Waals surface area contributed by atoms with Crippen LogP contribution >= 0.6 is 0 Å². The maximum absolute atomic E-state index is 10.7. The highest BCUT2D eigenvalue weighted by molar-refractivity contribution is 5.61. The van der Waals surface area contributed by atoms with E-state index in [1.54, 1.807) is 12.1 Å². The largest absolute Gasteiger partial charge is 0.373 e. The molecule has 2 aromatic rings. The minimum absolute atomic E-state index is 0.0729. The van der Waals surface area contributed by atoms with Crippen LogP contribution in [0.5, 0.6) is 0 Å². The van der Waals surface area contributed by atoms with Gasteiger partial charge in [0.05, 0.1) is 4.92 Å². The van der Waals surface area contributed by atoms with Crippen molar-refractivity contribution in [1.29, 1.82) is 0 Å². The summed E-state index contributed by atoms with van der Waals surface area (Å²) in [7, 11) is 1.85. The molecule has 1 N–H and O–H groups in total. The van der Waals surface area contributed by atoms with Crippen LogP contribution in [0.3, 0.4) is 0 Å². The highest BCUT2D eigenvalue weighted by Crippen LogP contribution is 2.29. The average Bonchev–Trinajstić information content (AvgIpc) is 2.94. The number of anilines is 1. The van der Waals surface area contributed by atoms with E-state index in [9.17, 15) is 10.1 Å². The van der Waals surface area contributed by atoms with Gasteiger partial charge in [-0.15, -0.1) is 0 Å². The molecule has 3 rings (SSSR count). The van der Waals surface area contributed by atoms with Gasteiger partial charge in [-0.2, -0.15) is 0 Å². The molecule has 1 aromatic heterocycles. The van der Waals surface area contributed by atoms with E-state index in [0.717, 1.165) is 36.3 Å². The smallest absolute Gasteiger partial charge is 0.269 e. The molecule has 1 heterocycles. The lowest BCUT2D eigenvalue weighted by molar-refractivity contribution is -0.384. The van der Waals surface area contributed by atoms with E-state index in [0.29, 0.717) is 5.82 Å². The molecular formula is C14H14N4O2. The van der Waals surface area contributed by atoms with Gasteiger partial charge in [0, 0.05) is 36.0 Å². The Labute approximate surface area is 116 Å². The molecule has 0 unspecified atom stereocenters. The molecular weight excluding hydrogens is 256 g/mol. The molecule has 6 nitrogen and oxygen atoms in total. The number of rotatable bonds is 3. The van der Waals surface area contributed by atoms with E-state index in [1.165, 1.54) is 17.7 Å². The van der Waals surface area contributed by atoms with Crippen LogP contribution in [0.15, 0.2) is 24.3 Å². The van der Waals surface area contributed by atoms with Gasteiger partial charge in [0.1, 0.15) is 5.82 Å². The molecule has 0 atom stereocenters. The summed E-state index contributed by atoms with van der Waals surface area (Å²) in [4.78, 5) is 19.4. The number of fused-ring (bicyclic) bond motifs is 1. The molecule has 0 saturated heterocycles. The SMILES string of the molecule is CNc1nc(-c2ccc([N+](=O)[O-])cc2)nc2c1CCC2. The number of aromatic nitrogens is 2. The Morgan fingerprint density at radius 1 is 1.20 bits per heavy atom. The van der Waals surface area contributed by atoms with Crippen molar-refractivity contribution in [3.05, 3.63) is 45.6 Å². The van der Waals surface area contributed by atoms with Crippen LogP contribution in [0.25, 0.3) is 11.4 Å². The van der Waals surface area contributed by atoms with Crippen LogP contribution in [-0.4, -0.2) is 21.9 Å². The first-order valence-corrected chi connectivity index (χ1v) is 6.51. The van der Waals surface area contributed by atoms with E-state index in [1.807, 2.05) is 7.05 Å². The van der Waals surface area contributed by atoms with Gasteiger partial charge in [0.15, 0.2) is 5.82 Å².